The smallest absolute Gasteiger partial charge is 0.411 e. The molecule has 0 aliphatic carbocycles. The van der Waals surface area contributed by atoms with Crippen LogP contribution in [-0.4, -0.2) is 67.8 Å². The normalized spacial score (nSPS) is 13.4. The molecular formula is C33H65NO7S2. The van der Waals surface area contributed by atoms with Crippen LogP contribution in [0.5, 0.6) is 0 Å². The Morgan fingerprint density at radius 2 is 1.26 bits per heavy atom. The highest BCUT2D eigenvalue weighted by Gasteiger charge is 2.33. The van der Waals surface area contributed by atoms with Crippen molar-refractivity contribution in [2.24, 2.45) is 5.41 Å². The molecule has 43 heavy (non-hydrogen) atoms. The molecular weight excluding hydrogens is 586 g/mol. The molecule has 2 unspecified atom stereocenters. The second kappa shape index (κ2) is 26.3. The largest absolute Gasteiger partial charge is 0.419 e. The third-order valence-corrected chi connectivity index (χ3v) is 9.05. The molecule has 0 aliphatic heterocycles. The minimum atomic E-state index is -3.60. The van der Waals surface area contributed by atoms with Crippen LogP contribution in [0.25, 0.3) is 0 Å². The van der Waals surface area contributed by atoms with E-state index in [2.05, 4.69) is 6.92 Å². The Labute approximate surface area is 268 Å². The van der Waals surface area contributed by atoms with Gasteiger partial charge >= 0.3 is 6.09 Å². The number of amides is 1. The number of carbonyl (C=O) groups excluding carboxylic acids is 1. The van der Waals surface area contributed by atoms with Gasteiger partial charge in [-0.3, -0.25) is 4.18 Å². The van der Waals surface area contributed by atoms with Gasteiger partial charge in [0.1, 0.15) is 0 Å². The number of hydrogen-bond acceptors (Lipinski definition) is 7. The quantitative estimate of drug-likeness (QED) is 0.0345. The molecule has 0 saturated heterocycles. The molecule has 0 bridgehead atoms. The molecule has 0 spiro atoms. The summed E-state index contributed by atoms with van der Waals surface area (Å²) in [6.45, 7) is 8.55. The van der Waals surface area contributed by atoms with Crippen molar-refractivity contribution in [2.45, 2.75) is 169 Å². The molecule has 10 heteroatoms. The molecule has 0 rings (SSSR count). The lowest BCUT2D eigenvalue weighted by Gasteiger charge is -2.31. The fourth-order valence-electron chi connectivity index (χ4n) is 4.98. The van der Waals surface area contributed by atoms with E-state index in [0.717, 1.165) is 31.9 Å². The van der Waals surface area contributed by atoms with Crippen LogP contribution in [0.3, 0.4) is 0 Å². The molecule has 0 radical (unpaired) electrons. The molecule has 0 aromatic carbocycles. The van der Waals surface area contributed by atoms with Crippen LogP contribution in [0.15, 0.2) is 0 Å². The molecule has 1 amide bonds. The SMILES string of the molecule is CCCCCCCCCCCCCCCCCCN(C)C(=O)OC(OCCC(CCCC)OS(C)(=O)=O)C(C)(C)C=S=O. The minimum absolute atomic E-state index is 0.130. The van der Waals surface area contributed by atoms with Crippen molar-refractivity contribution >= 4 is 32.8 Å². The topological polar surface area (TPSA) is 99.2 Å². The van der Waals surface area contributed by atoms with Gasteiger partial charge < -0.3 is 14.4 Å². The van der Waals surface area contributed by atoms with Gasteiger partial charge in [0.25, 0.3) is 10.1 Å². The molecule has 0 fully saturated rings. The maximum atomic E-state index is 12.8. The standard InChI is InChI=1S/C33H65NO7S2/c1-7-9-11-12-13-14-15-16-17-18-19-20-21-22-23-24-27-34(5)32(35)40-31(33(3,4)29-42-36)39-28-26-30(25-10-8-2)41-43(6,37)38/h29-31H,7-28H2,1-6H3. The van der Waals surface area contributed by atoms with Gasteiger partial charge in [-0.1, -0.05) is 123 Å². The first-order chi connectivity index (χ1) is 20.5. The van der Waals surface area contributed by atoms with E-state index in [4.69, 9.17) is 13.7 Å². The molecule has 8 nitrogen and oxygen atoms in total. The lowest BCUT2D eigenvalue weighted by molar-refractivity contribution is -0.152. The van der Waals surface area contributed by atoms with Crippen molar-refractivity contribution in [1.82, 2.24) is 4.90 Å². The Bertz CT molecular complexity index is 844. The van der Waals surface area contributed by atoms with Crippen molar-refractivity contribution in [3.8, 4) is 0 Å². The Morgan fingerprint density at radius 3 is 1.70 bits per heavy atom. The number of unbranched alkanes of at least 4 members (excludes halogenated alkanes) is 16. The van der Waals surface area contributed by atoms with E-state index >= 15 is 0 Å². The minimum Gasteiger partial charge on any atom is -0.419 e. The van der Waals surface area contributed by atoms with E-state index in [-0.39, 0.29) is 6.61 Å². The van der Waals surface area contributed by atoms with E-state index in [9.17, 15) is 17.4 Å². The average Bonchev–Trinajstić information content (AvgIpc) is 2.94. The summed E-state index contributed by atoms with van der Waals surface area (Å²) in [4.78, 5) is 14.4. The lowest BCUT2D eigenvalue weighted by Crippen LogP contribution is -2.41. The molecule has 0 N–H and O–H groups in total. The van der Waals surface area contributed by atoms with E-state index in [1.807, 2.05) is 6.92 Å². The first kappa shape index (κ1) is 42.0. The number of nitrogens with zero attached hydrogens (tertiary/aromatic N) is 1. The van der Waals surface area contributed by atoms with Gasteiger partial charge in [0.2, 0.25) is 6.29 Å². The van der Waals surface area contributed by atoms with Crippen molar-refractivity contribution in [3.63, 3.8) is 0 Å². The summed E-state index contributed by atoms with van der Waals surface area (Å²) >= 11 is 0.300. The summed E-state index contributed by atoms with van der Waals surface area (Å²) in [6.07, 6.45) is 22.5. The van der Waals surface area contributed by atoms with Crippen LogP contribution >= 0.6 is 0 Å². The molecule has 0 heterocycles. The highest BCUT2D eigenvalue weighted by Crippen LogP contribution is 2.24. The molecule has 0 saturated carbocycles. The molecule has 0 aliphatic rings. The number of ether oxygens (including phenoxy) is 2. The summed E-state index contributed by atoms with van der Waals surface area (Å²) in [5, 5.41) is 1.45. The van der Waals surface area contributed by atoms with Crippen LogP contribution in [0.4, 0.5) is 4.79 Å². The van der Waals surface area contributed by atoms with Gasteiger partial charge in [-0.15, -0.1) is 0 Å². The van der Waals surface area contributed by atoms with Gasteiger partial charge in [0.15, 0.2) is 0 Å². The summed E-state index contributed by atoms with van der Waals surface area (Å²) in [5.74, 6) is 0. The van der Waals surface area contributed by atoms with Crippen LogP contribution in [0.1, 0.15) is 156 Å². The van der Waals surface area contributed by atoms with Crippen LogP contribution in [-0.2, 0) is 35.0 Å². The van der Waals surface area contributed by atoms with Gasteiger partial charge in [-0.05, 0) is 33.1 Å². The van der Waals surface area contributed by atoms with E-state index < -0.39 is 34.0 Å². The van der Waals surface area contributed by atoms with E-state index in [0.29, 0.717) is 30.6 Å². The predicted molar refractivity (Wildman–Crippen MR) is 180 cm³/mol. The van der Waals surface area contributed by atoms with Gasteiger partial charge in [-0.25, -0.2) is 9.00 Å². The van der Waals surface area contributed by atoms with Crippen LogP contribution in [0.2, 0.25) is 0 Å². The third kappa shape index (κ3) is 25.0. The summed E-state index contributed by atoms with van der Waals surface area (Å²) in [6, 6.07) is 0. The first-order valence-corrected chi connectivity index (χ1v) is 19.6. The highest BCUT2D eigenvalue weighted by atomic mass is 32.2. The lowest BCUT2D eigenvalue weighted by atomic mass is 9.95. The maximum absolute atomic E-state index is 12.8. The summed E-state index contributed by atoms with van der Waals surface area (Å²) in [7, 11) is -1.88. The highest BCUT2D eigenvalue weighted by molar-refractivity contribution is 7.86. The second-order valence-corrected chi connectivity index (χ2v) is 14.7. The van der Waals surface area contributed by atoms with Crippen molar-refractivity contribution in [2.75, 3.05) is 26.5 Å². The summed E-state index contributed by atoms with van der Waals surface area (Å²) in [5.41, 5.74) is -0.840. The Hall–Kier alpha value is -0.970. The number of carbonyl (C=O) groups is 1. The Kier molecular flexibility index (Phi) is 25.7. The van der Waals surface area contributed by atoms with Gasteiger partial charge in [-0.2, -0.15) is 8.42 Å². The maximum Gasteiger partial charge on any atom is 0.411 e. The van der Waals surface area contributed by atoms with Crippen LogP contribution in [0, 0.1) is 5.41 Å². The van der Waals surface area contributed by atoms with Gasteiger partial charge in [0, 0.05) is 19.0 Å². The predicted octanol–water partition coefficient (Wildman–Crippen LogP) is 8.63. The monoisotopic (exact) mass is 651 g/mol. The Morgan fingerprint density at radius 1 is 0.791 bits per heavy atom. The molecule has 0 aromatic heterocycles. The first-order valence-electron chi connectivity index (χ1n) is 17.0. The summed E-state index contributed by atoms with van der Waals surface area (Å²) < 4.78 is 51.4. The fourth-order valence-corrected chi connectivity index (χ4v) is 6.02. The van der Waals surface area contributed by atoms with Crippen molar-refractivity contribution in [3.05, 3.63) is 0 Å². The van der Waals surface area contributed by atoms with Crippen molar-refractivity contribution < 1.29 is 31.1 Å². The van der Waals surface area contributed by atoms with Crippen LogP contribution < -0.4 is 0 Å². The second-order valence-electron chi connectivity index (χ2n) is 12.7. The van der Waals surface area contributed by atoms with Gasteiger partial charge in [0.05, 0.1) is 35.6 Å². The molecule has 0 aromatic rings. The zero-order valence-electron chi connectivity index (χ0n) is 28.4. The van der Waals surface area contributed by atoms with E-state index in [1.165, 1.54) is 95.3 Å². The molecule has 2 atom stereocenters. The number of hydrogen-bond donors (Lipinski definition) is 0. The van der Waals surface area contributed by atoms with Crippen molar-refractivity contribution in [1.29, 1.82) is 0 Å². The zero-order chi connectivity index (χ0) is 32.4. The molecule has 256 valence electrons. The third-order valence-electron chi connectivity index (χ3n) is 7.73. The fraction of sp³-hybridized carbons (Fsp3) is 0.939. The average molecular weight is 652 g/mol. The number of rotatable bonds is 29. The van der Waals surface area contributed by atoms with E-state index in [1.54, 1.807) is 25.8 Å². The zero-order valence-corrected chi connectivity index (χ0v) is 30.0. The Balaban J connectivity index is 4.32.